The van der Waals surface area contributed by atoms with Gasteiger partial charge in [0.25, 0.3) is 5.91 Å². The van der Waals surface area contributed by atoms with Crippen molar-refractivity contribution in [2.24, 2.45) is 0 Å². The number of hydrogen-bond donors (Lipinski definition) is 2. The molecule has 0 aromatic heterocycles. The van der Waals surface area contributed by atoms with Crippen LogP contribution in [0, 0.1) is 12.3 Å². The lowest BCUT2D eigenvalue weighted by Crippen LogP contribution is -2.47. The van der Waals surface area contributed by atoms with E-state index < -0.39 is 11.8 Å². The van der Waals surface area contributed by atoms with Crippen LogP contribution in [-0.4, -0.2) is 44.0 Å². The Bertz CT molecular complexity index is 684. The van der Waals surface area contributed by atoms with Gasteiger partial charge in [0.2, 0.25) is 11.8 Å². The third-order valence-electron chi connectivity index (χ3n) is 3.00. The molecule has 1 aromatic rings. The number of rotatable bonds is 5. The number of carbonyl (C=O) groups is 3. The molecule has 0 aliphatic carbocycles. The minimum absolute atomic E-state index is 0.0961. The van der Waals surface area contributed by atoms with Gasteiger partial charge in [-0.2, -0.15) is 0 Å². The van der Waals surface area contributed by atoms with E-state index >= 15 is 0 Å². The molecular formula is C15H14BrN3O4. The Balaban J connectivity index is 1.97. The van der Waals surface area contributed by atoms with Crippen LogP contribution in [0.2, 0.25) is 0 Å². The monoisotopic (exact) mass is 379 g/mol. The summed E-state index contributed by atoms with van der Waals surface area (Å²) >= 11 is 3.32. The molecule has 8 heteroatoms. The van der Waals surface area contributed by atoms with Gasteiger partial charge in [-0.1, -0.05) is 21.9 Å². The first-order valence-corrected chi connectivity index (χ1v) is 7.50. The Morgan fingerprint density at radius 2 is 2.13 bits per heavy atom. The van der Waals surface area contributed by atoms with E-state index in [-0.39, 0.29) is 32.1 Å². The second-order valence-electron chi connectivity index (χ2n) is 4.64. The average molecular weight is 380 g/mol. The lowest BCUT2D eigenvalue weighted by molar-refractivity contribution is -0.127. The van der Waals surface area contributed by atoms with Gasteiger partial charge in [0.05, 0.1) is 18.8 Å². The molecule has 0 spiro atoms. The van der Waals surface area contributed by atoms with Crippen LogP contribution in [0.3, 0.4) is 0 Å². The number of nitrogens with one attached hydrogen (secondary N) is 2. The lowest BCUT2D eigenvalue weighted by Gasteiger charge is -2.28. The Labute approximate surface area is 141 Å². The molecule has 1 aromatic carbocycles. The summed E-state index contributed by atoms with van der Waals surface area (Å²) in [4.78, 5) is 36.6. The van der Waals surface area contributed by atoms with Crippen molar-refractivity contribution in [1.29, 1.82) is 0 Å². The highest BCUT2D eigenvalue weighted by atomic mass is 79.9. The number of amides is 3. The van der Waals surface area contributed by atoms with Gasteiger partial charge in [0.15, 0.2) is 6.61 Å². The van der Waals surface area contributed by atoms with Crippen molar-refractivity contribution in [3.8, 4) is 18.1 Å². The molecule has 1 heterocycles. The molecule has 23 heavy (non-hydrogen) atoms. The molecule has 1 aliphatic rings. The van der Waals surface area contributed by atoms with Crippen LogP contribution in [0.15, 0.2) is 22.7 Å². The summed E-state index contributed by atoms with van der Waals surface area (Å²) in [6, 6.07) is 5.16. The number of nitrogens with zero attached hydrogens (tertiary/aromatic N) is 1. The second kappa shape index (κ2) is 7.65. The number of anilines is 1. The number of halogens is 1. The Morgan fingerprint density at radius 3 is 2.87 bits per heavy atom. The van der Waals surface area contributed by atoms with Gasteiger partial charge >= 0.3 is 0 Å². The van der Waals surface area contributed by atoms with Gasteiger partial charge in [0, 0.05) is 4.47 Å². The van der Waals surface area contributed by atoms with Crippen LogP contribution in [-0.2, 0) is 14.4 Å². The van der Waals surface area contributed by atoms with Crippen LogP contribution >= 0.6 is 15.9 Å². The highest BCUT2D eigenvalue weighted by molar-refractivity contribution is 9.10. The van der Waals surface area contributed by atoms with E-state index in [4.69, 9.17) is 11.2 Å². The number of fused-ring (bicyclic) bond motifs is 1. The molecule has 2 N–H and O–H groups in total. The second-order valence-corrected chi connectivity index (χ2v) is 5.55. The molecule has 0 saturated heterocycles. The molecule has 0 saturated carbocycles. The van der Waals surface area contributed by atoms with E-state index in [1.54, 1.807) is 18.2 Å². The predicted octanol–water partition coefficient (Wildman–Crippen LogP) is 0.0401. The first-order chi connectivity index (χ1) is 11.0. The van der Waals surface area contributed by atoms with E-state index in [2.05, 4.69) is 32.5 Å². The maximum absolute atomic E-state index is 12.0. The van der Waals surface area contributed by atoms with Gasteiger partial charge in [0.1, 0.15) is 12.3 Å². The van der Waals surface area contributed by atoms with Crippen LogP contribution in [0.25, 0.3) is 0 Å². The molecule has 0 fully saturated rings. The van der Waals surface area contributed by atoms with Crippen molar-refractivity contribution in [2.45, 2.75) is 0 Å². The fourth-order valence-corrected chi connectivity index (χ4v) is 2.28. The van der Waals surface area contributed by atoms with E-state index in [0.29, 0.717) is 11.4 Å². The van der Waals surface area contributed by atoms with Gasteiger partial charge < -0.3 is 15.4 Å². The fraction of sp³-hybridized carbons (Fsp3) is 0.267. The Kier molecular flexibility index (Phi) is 5.60. The molecule has 0 atom stereocenters. The highest BCUT2D eigenvalue weighted by Gasteiger charge is 2.27. The Hall–Kier alpha value is -2.53. The van der Waals surface area contributed by atoms with Crippen LogP contribution in [0.1, 0.15) is 0 Å². The number of terminal acetylenes is 1. The highest BCUT2D eigenvalue weighted by Crippen LogP contribution is 2.34. The molecule has 0 radical (unpaired) electrons. The molecule has 0 bridgehead atoms. The van der Waals surface area contributed by atoms with Crippen molar-refractivity contribution in [2.75, 3.05) is 31.1 Å². The number of benzene rings is 1. The maximum atomic E-state index is 12.0. The van der Waals surface area contributed by atoms with E-state index in [9.17, 15) is 14.4 Å². The molecule has 7 nitrogen and oxygen atoms in total. The number of carbonyl (C=O) groups excluding carboxylic acids is 3. The average Bonchev–Trinajstić information content (AvgIpc) is 2.53. The third kappa shape index (κ3) is 4.47. The Morgan fingerprint density at radius 1 is 1.35 bits per heavy atom. The summed E-state index contributed by atoms with van der Waals surface area (Å²) in [5, 5.41) is 4.86. The summed E-state index contributed by atoms with van der Waals surface area (Å²) in [5.74, 6) is 1.60. The normalized spacial score (nSPS) is 12.7. The molecule has 0 unspecified atom stereocenters. The predicted molar refractivity (Wildman–Crippen MR) is 86.8 cm³/mol. The van der Waals surface area contributed by atoms with E-state index in [1.165, 1.54) is 4.90 Å². The molecule has 120 valence electrons. The quantitative estimate of drug-likeness (QED) is 0.707. The molecule has 1 aliphatic heterocycles. The standard InChI is InChI=1S/C15H14BrN3O4/c1-2-5-17-13(20)7-18-14(21)8-19-11-4-3-10(16)6-12(11)23-9-15(19)22/h1,3-4,6H,5,7-9H2,(H,17,20)(H,18,21). The summed E-state index contributed by atoms with van der Waals surface area (Å²) in [7, 11) is 0. The minimum atomic E-state index is -0.454. The lowest BCUT2D eigenvalue weighted by atomic mass is 10.2. The minimum Gasteiger partial charge on any atom is -0.482 e. The van der Waals surface area contributed by atoms with Crippen molar-refractivity contribution >= 4 is 39.3 Å². The van der Waals surface area contributed by atoms with Crippen LogP contribution < -0.4 is 20.3 Å². The van der Waals surface area contributed by atoms with Crippen molar-refractivity contribution in [3.63, 3.8) is 0 Å². The van der Waals surface area contributed by atoms with Gasteiger partial charge in [-0.15, -0.1) is 6.42 Å². The molecular weight excluding hydrogens is 366 g/mol. The van der Waals surface area contributed by atoms with Crippen molar-refractivity contribution < 1.29 is 19.1 Å². The summed E-state index contributed by atoms with van der Waals surface area (Å²) in [6.45, 7) is -0.441. The van der Waals surface area contributed by atoms with Gasteiger partial charge in [-0.3, -0.25) is 19.3 Å². The van der Waals surface area contributed by atoms with E-state index in [1.807, 2.05) is 0 Å². The largest absolute Gasteiger partial charge is 0.482 e. The maximum Gasteiger partial charge on any atom is 0.265 e. The zero-order valence-electron chi connectivity index (χ0n) is 12.1. The smallest absolute Gasteiger partial charge is 0.265 e. The van der Waals surface area contributed by atoms with E-state index in [0.717, 1.165) is 4.47 Å². The summed E-state index contributed by atoms with van der Waals surface area (Å²) in [6.07, 6.45) is 5.02. The SMILES string of the molecule is C#CCNC(=O)CNC(=O)CN1C(=O)COc2cc(Br)ccc21. The first kappa shape index (κ1) is 16.8. The van der Waals surface area contributed by atoms with Gasteiger partial charge in [-0.25, -0.2) is 0 Å². The topological polar surface area (TPSA) is 87.7 Å². The molecule has 2 rings (SSSR count). The fourth-order valence-electron chi connectivity index (χ4n) is 1.94. The zero-order valence-corrected chi connectivity index (χ0v) is 13.7. The summed E-state index contributed by atoms with van der Waals surface area (Å²) in [5.41, 5.74) is 0.511. The van der Waals surface area contributed by atoms with Crippen molar-refractivity contribution in [3.05, 3.63) is 22.7 Å². The molecule has 3 amide bonds. The van der Waals surface area contributed by atoms with Crippen LogP contribution in [0.4, 0.5) is 5.69 Å². The van der Waals surface area contributed by atoms with Crippen LogP contribution in [0.5, 0.6) is 5.75 Å². The third-order valence-corrected chi connectivity index (χ3v) is 3.49. The summed E-state index contributed by atoms with van der Waals surface area (Å²) < 4.78 is 6.14. The number of hydrogen-bond acceptors (Lipinski definition) is 4. The first-order valence-electron chi connectivity index (χ1n) is 6.71. The van der Waals surface area contributed by atoms with Gasteiger partial charge in [-0.05, 0) is 18.2 Å². The van der Waals surface area contributed by atoms with Crippen molar-refractivity contribution in [1.82, 2.24) is 10.6 Å². The zero-order chi connectivity index (χ0) is 16.8. The number of ether oxygens (including phenoxy) is 1.